The topological polar surface area (TPSA) is 122 Å². The number of carbonyl (C=O) groups is 1. The molecule has 0 radical (unpaired) electrons. The molecule has 4 aromatic rings. The Kier molecular flexibility index (Phi) is 8.99. The largest absolute Gasteiger partial charge is 0.493 e. The number of nitrogens with one attached hydrogen (secondary N) is 2. The number of aromatic nitrogens is 3. The lowest BCUT2D eigenvalue weighted by Gasteiger charge is -2.29. The number of hydrogen-bond acceptors (Lipinski definition) is 10. The highest BCUT2D eigenvalue weighted by atomic mass is 32.1. The van der Waals surface area contributed by atoms with Crippen molar-refractivity contribution in [3.05, 3.63) is 59.6 Å². The number of nitrogens with zero attached hydrogens (tertiary/aromatic N) is 4. The van der Waals surface area contributed by atoms with Crippen molar-refractivity contribution >= 4 is 44.8 Å². The Morgan fingerprint density at radius 2 is 2.15 bits per heavy atom. The van der Waals surface area contributed by atoms with Crippen molar-refractivity contribution in [2.24, 2.45) is 0 Å². The summed E-state index contributed by atoms with van der Waals surface area (Å²) in [5, 5.41) is 18.8. The van der Waals surface area contributed by atoms with Crippen LogP contribution in [0.4, 0.5) is 21.0 Å². The summed E-state index contributed by atoms with van der Waals surface area (Å²) in [5.74, 6) is 0.996. The van der Waals surface area contributed by atoms with Crippen molar-refractivity contribution < 1.29 is 23.8 Å². The number of anilines is 3. The van der Waals surface area contributed by atoms with Crippen LogP contribution in [0, 0.1) is 5.82 Å². The summed E-state index contributed by atoms with van der Waals surface area (Å²) in [6.07, 6.45) is 4.00. The molecule has 5 rings (SSSR count). The molecule has 1 unspecified atom stereocenters. The van der Waals surface area contributed by atoms with Gasteiger partial charge in [0.25, 0.3) is 0 Å². The van der Waals surface area contributed by atoms with Crippen molar-refractivity contribution in [3.63, 3.8) is 0 Å². The number of hydrogen-bond donors (Lipinski definition) is 3. The van der Waals surface area contributed by atoms with Gasteiger partial charge in [0.1, 0.15) is 18.0 Å². The second-order valence-corrected chi connectivity index (χ2v) is 10.4. The van der Waals surface area contributed by atoms with Gasteiger partial charge in [-0.15, -0.1) is 11.3 Å². The van der Waals surface area contributed by atoms with Gasteiger partial charge in [-0.1, -0.05) is 6.07 Å². The summed E-state index contributed by atoms with van der Waals surface area (Å²) >= 11 is 1.34. The van der Waals surface area contributed by atoms with Gasteiger partial charge in [-0.25, -0.2) is 19.3 Å². The summed E-state index contributed by atoms with van der Waals surface area (Å²) in [5.41, 5.74) is 1.65. The van der Waals surface area contributed by atoms with Gasteiger partial charge in [0.2, 0.25) is 5.91 Å². The number of amides is 1. The molecule has 2 aromatic carbocycles. The third-order valence-corrected chi connectivity index (χ3v) is 7.31. The molecule has 10 nitrogen and oxygen atoms in total. The standard InChI is InChI=1S/C28H31FN6O4S/c1-38-24-13-22-23(14-25(24)39-10-4-9-35-8-3-7-21(36)15-35)30-17-31-27(22)34-28-33-20(16-40-28)12-26(37)32-19-6-2-5-18(29)11-19/h2,5-6,11,13-14,16-17,21,36H,3-4,7-10,12,15H2,1H3,(H,32,37)(H,30,31,33,34). The van der Waals surface area contributed by atoms with E-state index in [4.69, 9.17) is 9.47 Å². The van der Waals surface area contributed by atoms with Crippen LogP contribution in [0.3, 0.4) is 0 Å². The Morgan fingerprint density at radius 3 is 2.98 bits per heavy atom. The molecule has 2 aromatic heterocycles. The number of aliphatic hydroxyl groups excluding tert-OH is 1. The van der Waals surface area contributed by atoms with Gasteiger partial charge < -0.3 is 30.1 Å². The Labute approximate surface area is 235 Å². The van der Waals surface area contributed by atoms with E-state index in [2.05, 4.69) is 30.5 Å². The molecule has 1 saturated heterocycles. The SMILES string of the molecule is COc1cc2c(Nc3nc(CC(=O)Nc4cccc(F)c4)cs3)ncnc2cc1OCCCN1CCCC(O)C1. The number of rotatable bonds is 11. The van der Waals surface area contributed by atoms with Gasteiger partial charge in [-0.05, 0) is 50.1 Å². The Bertz CT molecular complexity index is 1470. The van der Waals surface area contributed by atoms with Crippen LogP contribution in [0.1, 0.15) is 25.0 Å². The number of aliphatic hydroxyl groups is 1. The van der Waals surface area contributed by atoms with Crippen molar-refractivity contribution in [3.8, 4) is 11.5 Å². The highest BCUT2D eigenvalue weighted by molar-refractivity contribution is 7.13. The van der Waals surface area contributed by atoms with Crippen LogP contribution >= 0.6 is 11.3 Å². The fourth-order valence-corrected chi connectivity index (χ4v) is 5.33. The van der Waals surface area contributed by atoms with Crippen molar-refractivity contribution in [1.82, 2.24) is 19.9 Å². The van der Waals surface area contributed by atoms with E-state index in [0.717, 1.165) is 37.7 Å². The number of carbonyl (C=O) groups excluding carboxylic acids is 1. The molecular weight excluding hydrogens is 535 g/mol. The van der Waals surface area contributed by atoms with E-state index >= 15 is 0 Å². The Balaban J connectivity index is 1.21. The lowest BCUT2D eigenvalue weighted by Crippen LogP contribution is -2.39. The summed E-state index contributed by atoms with van der Waals surface area (Å²) in [4.78, 5) is 27.9. The molecule has 0 spiro atoms. The molecule has 0 aliphatic carbocycles. The number of β-amino-alcohol motifs (C(OH)–C–C–N with tert-alkyl or cyclic N) is 1. The van der Waals surface area contributed by atoms with Gasteiger partial charge in [-0.3, -0.25) is 4.79 Å². The molecule has 12 heteroatoms. The number of ether oxygens (including phenoxy) is 2. The van der Waals surface area contributed by atoms with Crippen LogP contribution < -0.4 is 20.1 Å². The highest BCUT2D eigenvalue weighted by Gasteiger charge is 2.18. The minimum absolute atomic E-state index is 0.0477. The number of piperidine rings is 1. The first-order valence-corrected chi connectivity index (χ1v) is 14.0. The fourth-order valence-electron chi connectivity index (χ4n) is 4.62. The number of methoxy groups -OCH3 is 1. The lowest BCUT2D eigenvalue weighted by molar-refractivity contribution is -0.115. The summed E-state index contributed by atoms with van der Waals surface area (Å²) in [7, 11) is 1.59. The van der Waals surface area contributed by atoms with Crippen LogP contribution in [0.2, 0.25) is 0 Å². The molecule has 1 fully saturated rings. The molecule has 0 bridgehead atoms. The molecule has 3 heterocycles. The monoisotopic (exact) mass is 566 g/mol. The highest BCUT2D eigenvalue weighted by Crippen LogP contribution is 2.35. The molecule has 40 heavy (non-hydrogen) atoms. The average Bonchev–Trinajstić information content (AvgIpc) is 3.37. The first kappa shape index (κ1) is 27.7. The predicted octanol–water partition coefficient (Wildman–Crippen LogP) is 4.38. The van der Waals surface area contributed by atoms with Crippen LogP contribution in [0.25, 0.3) is 10.9 Å². The van der Waals surface area contributed by atoms with Gasteiger partial charge >= 0.3 is 0 Å². The van der Waals surface area contributed by atoms with E-state index in [1.807, 2.05) is 12.1 Å². The van der Waals surface area contributed by atoms with E-state index in [0.29, 0.717) is 52.5 Å². The molecule has 210 valence electrons. The number of likely N-dealkylation sites (tertiary alicyclic amines) is 1. The third kappa shape index (κ3) is 7.20. The van der Waals surface area contributed by atoms with Crippen LogP contribution in [-0.4, -0.2) is 70.3 Å². The molecule has 0 saturated carbocycles. The third-order valence-electron chi connectivity index (χ3n) is 6.50. The predicted molar refractivity (Wildman–Crippen MR) is 152 cm³/mol. The first-order chi connectivity index (χ1) is 19.5. The zero-order valence-electron chi connectivity index (χ0n) is 22.1. The maximum absolute atomic E-state index is 13.4. The first-order valence-electron chi connectivity index (χ1n) is 13.1. The molecule has 1 aliphatic heterocycles. The Morgan fingerprint density at radius 1 is 1.25 bits per heavy atom. The Hall–Kier alpha value is -3.87. The fraction of sp³-hybridized carbons (Fsp3) is 0.357. The smallest absolute Gasteiger partial charge is 0.230 e. The molecule has 3 N–H and O–H groups in total. The van der Waals surface area contributed by atoms with Crippen LogP contribution in [-0.2, 0) is 11.2 Å². The molecule has 1 aliphatic rings. The van der Waals surface area contributed by atoms with Gasteiger partial charge in [0.15, 0.2) is 16.6 Å². The zero-order valence-corrected chi connectivity index (χ0v) is 22.9. The zero-order chi connectivity index (χ0) is 27.9. The van der Waals surface area contributed by atoms with Crippen molar-refractivity contribution in [1.29, 1.82) is 0 Å². The molecule has 1 atom stereocenters. The summed E-state index contributed by atoms with van der Waals surface area (Å²) in [6, 6.07) is 9.40. The van der Waals surface area contributed by atoms with Crippen molar-refractivity contribution in [2.45, 2.75) is 31.8 Å². The second-order valence-electron chi connectivity index (χ2n) is 9.55. The maximum Gasteiger partial charge on any atom is 0.230 e. The van der Waals surface area contributed by atoms with Gasteiger partial charge in [-0.2, -0.15) is 0 Å². The molecular formula is C28H31FN6O4S. The number of halogens is 1. The van der Waals surface area contributed by atoms with Gasteiger partial charge in [0.05, 0.1) is 37.5 Å². The van der Waals surface area contributed by atoms with E-state index < -0.39 is 5.82 Å². The van der Waals surface area contributed by atoms with E-state index in [1.165, 1.54) is 35.9 Å². The lowest BCUT2D eigenvalue weighted by atomic mass is 10.1. The van der Waals surface area contributed by atoms with E-state index in [1.54, 1.807) is 18.6 Å². The average molecular weight is 567 g/mol. The minimum atomic E-state index is -0.417. The quantitative estimate of drug-likeness (QED) is 0.227. The normalized spacial score (nSPS) is 15.6. The number of benzene rings is 2. The molecule has 1 amide bonds. The summed E-state index contributed by atoms with van der Waals surface area (Å²) < 4.78 is 25.0. The second kappa shape index (κ2) is 13.0. The van der Waals surface area contributed by atoms with Crippen molar-refractivity contribution in [2.75, 3.05) is 44.0 Å². The van der Waals surface area contributed by atoms with Crippen LogP contribution in [0.15, 0.2) is 48.1 Å². The van der Waals surface area contributed by atoms with Crippen LogP contribution in [0.5, 0.6) is 11.5 Å². The number of fused-ring (bicyclic) bond motifs is 1. The number of thiazole rings is 1. The maximum atomic E-state index is 13.4. The minimum Gasteiger partial charge on any atom is -0.493 e. The van der Waals surface area contributed by atoms with E-state index in [-0.39, 0.29) is 18.4 Å². The van der Waals surface area contributed by atoms with Gasteiger partial charge in [0, 0.05) is 35.6 Å². The van der Waals surface area contributed by atoms with E-state index in [9.17, 15) is 14.3 Å². The summed E-state index contributed by atoms with van der Waals surface area (Å²) in [6.45, 7) is 3.10.